The number of carbonyl (C=O) groups is 4. The number of ether oxygens (including phenoxy) is 6. The van der Waals surface area contributed by atoms with Crippen LogP contribution in [0.1, 0.15) is 38.5 Å². The number of benzene rings is 2. The molecule has 0 aliphatic heterocycles. The van der Waals surface area contributed by atoms with Crippen LogP contribution in [0.5, 0.6) is 23.0 Å². The van der Waals surface area contributed by atoms with Crippen LogP contribution in [-0.4, -0.2) is 51.3 Å². The highest BCUT2D eigenvalue weighted by atomic mass is 16.6. The predicted octanol–water partition coefficient (Wildman–Crippen LogP) is 4.13. The van der Waals surface area contributed by atoms with Gasteiger partial charge in [-0.25, -0.2) is 9.59 Å². The zero-order chi connectivity index (χ0) is 28.5. The second kappa shape index (κ2) is 13.8. The number of carbonyl (C=O) groups excluding carboxylic acids is 4. The van der Waals surface area contributed by atoms with Crippen molar-refractivity contribution in [2.75, 3.05) is 27.4 Å². The Bertz CT molecular complexity index is 1080. The first-order chi connectivity index (χ1) is 19.3. The van der Waals surface area contributed by atoms with Crippen molar-refractivity contribution < 1.29 is 47.6 Å². The SMILES string of the molecule is COC(=O)COc1ccc(OC(=O)C2CCC3CC(C(=O)Oc4ccc(OCC(=O)OC)cc4)CCC3C2)cc1. The highest BCUT2D eigenvalue weighted by Crippen LogP contribution is 2.45. The summed E-state index contributed by atoms with van der Waals surface area (Å²) in [5.74, 6) is 0.722. The van der Waals surface area contributed by atoms with Crippen molar-refractivity contribution in [2.24, 2.45) is 23.7 Å². The quantitative estimate of drug-likeness (QED) is 0.313. The minimum atomic E-state index is -0.479. The van der Waals surface area contributed by atoms with E-state index in [0.717, 1.165) is 38.5 Å². The van der Waals surface area contributed by atoms with Crippen molar-refractivity contribution >= 4 is 23.9 Å². The summed E-state index contributed by atoms with van der Waals surface area (Å²) in [6.07, 6.45) is 4.66. The molecule has 2 aromatic carbocycles. The largest absolute Gasteiger partial charge is 0.482 e. The average Bonchev–Trinajstić information content (AvgIpc) is 2.99. The zero-order valence-corrected chi connectivity index (χ0v) is 22.7. The Morgan fingerprint density at radius 2 is 0.925 bits per heavy atom. The maximum absolute atomic E-state index is 12.8. The van der Waals surface area contributed by atoms with Crippen LogP contribution in [0.3, 0.4) is 0 Å². The van der Waals surface area contributed by atoms with Gasteiger partial charge >= 0.3 is 23.9 Å². The lowest BCUT2D eigenvalue weighted by Crippen LogP contribution is -2.37. The molecule has 0 N–H and O–H groups in total. The molecule has 10 heteroatoms. The first-order valence-electron chi connectivity index (χ1n) is 13.4. The third-order valence-electron chi connectivity index (χ3n) is 7.53. The van der Waals surface area contributed by atoms with E-state index < -0.39 is 11.9 Å². The van der Waals surface area contributed by atoms with Crippen LogP contribution in [-0.2, 0) is 28.7 Å². The van der Waals surface area contributed by atoms with Gasteiger partial charge in [0.25, 0.3) is 0 Å². The summed E-state index contributed by atoms with van der Waals surface area (Å²) < 4.78 is 30.9. The molecule has 0 aromatic heterocycles. The van der Waals surface area contributed by atoms with Crippen LogP contribution < -0.4 is 18.9 Å². The van der Waals surface area contributed by atoms with Gasteiger partial charge in [-0.05, 0) is 98.9 Å². The summed E-state index contributed by atoms with van der Waals surface area (Å²) in [5.41, 5.74) is 0. The van der Waals surface area contributed by atoms with E-state index in [1.54, 1.807) is 48.5 Å². The molecule has 40 heavy (non-hydrogen) atoms. The van der Waals surface area contributed by atoms with Gasteiger partial charge < -0.3 is 28.4 Å². The first-order valence-corrected chi connectivity index (χ1v) is 13.4. The second-order valence-electron chi connectivity index (χ2n) is 10.1. The maximum atomic E-state index is 12.8. The minimum Gasteiger partial charge on any atom is -0.482 e. The highest BCUT2D eigenvalue weighted by molar-refractivity contribution is 5.76. The molecule has 2 fully saturated rings. The number of methoxy groups -OCH3 is 2. The molecule has 0 heterocycles. The van der Waals surface area contributed by atoms with E-state index in [9.17, 15) is 19.2 Å². The fourth-order valence-corrected chi connectivity index (χ4v) is 5.33. The zero-order valence-electron chi connectivity index (χ0n) is 22.7. The van der Waals surface area contributed by atoms with Crippen molar-refractivity contribution in [1.82, 2.24) is 0 Å². The second-order valence-corrected chi connectivity index (χ2v) is 10.1. The van der Waals surface area contributed by atoms with E-state index >= 15 is 0 Å². The molecule has 4 atom stereocenters. The van der Waals surface area contributed by atoms with Gasteiger partial charge in [0.1, 0.15) is 23.0 Å². The molecule has 2 saturated carbocycles. The van der Waals surface area contributed by atoms with Gasteiger partial charge in [-0.3, -0.25) is 9.59 Å². The van der Waals surface area contributed by atoms with Gasteiger partial charge in [0.05, 0.1) is 26.1 Å². The van der Waals surface area contributed by atoms with Crippen molar-refractivity contribution in [3.63, 3.8) is 0 Å². The van der Waals surface area contributed by atoms with Crippen molar-refractivity contribution in [3.8, 4) is 23.0 Å². The summed E-state index contributed by atoms with van der Waals surface area (Å²) in [4.78, 5) is 48.1. The predicted molar refractivity (Wildman–Crippen MR) is 141 cm³/mol. The van der Waals surface area contributed by atoms with E-state index in [4.69, 9.17) is 18.9 Å². The Balaban J connectivity index is 1.21. The molecule has 10 nitrogen and oxygen atoms in total. The van der Waals surface area contributed by atoms with Crippen LogP contribution >= 0.6 is 0 Å². The summed E-state index contributed by atoms with van der Waals surface area (Å²) in [7, 11) is 2.58. The van der Waals surface area contributed by atoms with Crippen molar-refractivity contribution in [3.05, 3.63) is 48.5 Å². The Morgan fingerprint density at radius 3 is 1.27 bits per heavy atom. The summed E-state index contributed by atoms with van der Waals surface area (Å²) >= 11 is 0. The molecule has 0 amide bonds. The molecule has 2 aliphatic carbocycles. The Hall–Kier alpha value is -4.08. The van der Waals surface area contributed by atoms with Gasteiger partial charge in [0.15, 0.2) is 13.2 Å². The first kappa shape index (κ1) is 28.9. The van der Waals surface area contributed by atoms with Gasteiger partial charge in [-0.2, -0.15) is 0 Å². The molecular formula is C30H34O10. The topological polar surface area (TPSA) is 124 Å². The van der Waals surface area contributed by atoms with Crippen molar-refractivity contribution in [2.45, 2.75) is 38.5 Å². The number of hydrogen-bond acceptors (Lipinski definition) is 10. The standard InChI is InChI=1S/C30H34O10/c1-35-27(31)17-37-23-7-11-25(12-8-23)39-29(33)21-5-3-20-16-22(6-4-19(20)15-21)30(34)40-26-13-9-24(10-14-26)38-18-28(32)36-2/h7-14,19-22H,3-6,15-18H2,1-2H3. The summed E-state index contributed by atoms with van der Waals surface area (Å²) in [6.45, 7) is -0.387. The van der Waals surface area contributed by atoms with E-state index in [1.807, 2.05) is 0 Å². The van der Waals surface area contributed by atoms with Gasteiger partial charge in [-0.15, -0.1) is 0 Å². The molecule has 0 radical (unpaired) electrons. The third-order valence-corrected chi connectivity index (χ3v) is 7.53. The minimum absolute atomic E-state index is 0.181. The lowest BCUT2D eigenvalue weighted by atomic mass is 9.65. The fourth-order valence-electron chi connectivity index (χ4n) is 5.33. The van der Waals surface area contributed by atoms with Crippen molar-refractivity contribution in [1.29, 1.82) is 0 Å². The molecule has 0 bridgehead atoms. The van der Waals surface area contributed by atoms with Gasteiger partial charge in [0.2, 0.25) is 0 Å². The smallest absolute Gasteiger partial charge is 0.343 e. The van der Waals surface area contributed by atoms with Crippen LogP contribution in [0.15, 0.2) is 48.5 Å². The normalized spacial score (nSPS) is 21.8. The highest BCUT2D eigenvalue weighted by Gasteiger charge is 2.40. The van der Waals surface area contributed by atoms with Crippen LogP contribution in [0, 0.1) is 23.7 Å². The third kappa shape index (κ3) is 7.97. The Morgan fingerprint density at radius 1 is 0.575 bits per heavy atom. The fraction of sp³-hybridized carbons (Fsp3) is 0.467. The average molecular weight is 555 g/mol. The van der Waals surface area contributed by atoms with Crippen LogP contribution in [0.4, 0.5) is 0 Å². The van der Waals surface area contributed by atoms with E-state index in [0.29, 0.717) is 34.8 Å². The molecular weight excluding hydrogens is 520 g/mol. The summed E-state index contributed by atoms with van der Waals surface area (Å²) in [6, 6.07) is 13.1. The summed E-state index contributed by atoms with van der Waals surface area (Å²) in [5, 5.41) is 0. The number of hydrogen-bond donors (Lipinski definition) is 0. The number of esters is 4. The molecule has 4 unspecified atom stereocenters. The van der Waals surface area contributed by atoms with E-state index in [2.05, 4.69) is 9.47 Å². The van der Waals surface area contributed by atoms with E-state index in [-0.39, 0.29) is 37.0 Å². The lowest BCUT2D eigenvalue weighted by molar-refractivity contribution is -0.145. The maximum Gasteiger partial charge on any atom is 0.343 e. The Labute approximate surface area is 232 Å². The van der Waals surface area contributed by atoms with Crippen LogP contribution in [0.25, 0.3) is 0 Å². The van der Waals surface area contributed by atoms with Gasteiger partial charge in [-0.1, -0.05) is 0 Å². The molecule has 0 spiro atoms. The molecule has 4 rings (SSSR count). The monoisotopic (exact) mass is 554 g/mol. The Kier molecular flexibility index (Phi) is 9.99. The molecule has 0 saturated heterocycles. The molecule has 2 aliphatic rings. The molecule has 2 aromatic rings. The molecule has 214 valence electrons. The van der Waals surface area contributed by atoms with E-state index in [1.165, 1.54) is 14.2 Å². The number of rotatable bonds is 10. The van der Waals surface area contributed by atoms with Crippen LogP contribution in [0.2, 0.25) is 0 Å². The van der Waals surface area contributed by atoms with Gasteiger partial charge in [0, 0.05) is 0 Å². The lowest BCUT2D eigenvalue weighted by Gasteiger charge is -2.40. The number of fused-ring (bicyclic) bond motifs is 1.